The highest BCUT2D eigenvalue weighted by Crippen LogP contribution is 2.42. The molecule has 0 radical (unpaired) electrons. The van der Waals surface area contributed by atoms with Crippen molar-refractivity contribution in [3.05, 3.63) is 52.5 Å². The molecule has 1 heterocycles. The van der Waals surface area contributed by atoms with Gasteiger partial charge in [-0.25, -0.2) is 22.9 Å². The Morgan fingerprint density at radius 2 is 1.44 bits per heavy atom. The molecule has 12 heteroatoms. The molecule has 0 aromatic heterocycles. The number of sulfonamides is 1. The molecule has 1 saturated heterocycles. The van der Waals surface area contributed by atoms with Gasteiger partial charge in [-0.05, 0) is 49.2 Å². The Kier molecular flexibility index (Phi) is 7.05. The van der Waals surface area contributed by atoms with Crippen LogP contribution in [0.2, 0.25) is 5.02 Å². The molecule has 1 N–H and O–H groups in total. The molecule has 2 atom stereocenters. The van der Waals surface area contributed by atoms with Crippen molar-refractivity contribution >= 4 is 56.8 Å². The topological polar surface area (TPSA) is 136 Å². The van der Waals surface area contributed by atoms with E-state index in [4.69, 9.17) is 11.6 Å². The summed E-state index contributed by atoms with van der Waals surface area (Å²) in [6.07, 6.45) is 2.89. The van der Waals surface area contributed by atoms with Crippen LogP contribution in [0.25, 0.3) is 0 Å². The van der Waals surface area contributed by atoms with Gasteiger partial charge in [0.05, 0.1) is 58.5 Å². The lowest BCUT2D eigenvalue weighted by Crippen LogP contribution is -2.31. The first-order valence-corrected chi connectivity index (χ1v) is 13.0. The van der Waals surface area contributed by atoms with Gasteiger partial charge >= 0.3 is 11.9 Å². The Labute approximate surface area is 212 Å². The second-order valence-corrected chi connectivity index (χ2v) is 10.6. The molecule has 0 spiro atoms. The lowest BCUT2D eigenvalue weighted by Gasteiger charge is -2.19. The van der Waals surface area contributed by atoms with Crippen LogP contribution in [0.4, 0.5) is 11.4 Å². The Morgan fingerprint density at radius 3 is 1.94 bits per heavy atom. The van der Waals surface area contributed by atoms with Crippen molar-refractivity contribution in [3.63, 3.8) is 0 Å². The second-order valence-electron chi connectivity index (χ2n) is 8.51. The van der Waals surface area contributed by atoms with Crippen LogP contribution >= 0.6 is 11.6 Å². The van der Waals surface area contributed by atoms with Gasteiger partial charge < -0.3 is 9.47 Å². The van der Waals surface area contributed by atoms with Crippen molar-refractivity contribution in [1.82, 2.24) is 0 Å². The van der Waals surface area contributed by atoms with Gasteiger partial charge in [0.15, 0.2) is 0 Å². The van der Waals surface area contributed by atoms with Crippen LogP contribution in [0.1, 0.15) is 46.4 Å². The van der Waals surface area contributed by atoms with Crippen LogP contribution in [-0.4, -0.2) is 46.4 Å². The van der Waals surface area contributed by atoms with Crippen LogP contribution in [0.3, 0.4) is 0 Å². The minimum Gasteiger partial charge on any atom is -0.465 e. The van der Waals surface area contributed by atoms with Crippen LogP contribution in [0.5, 0.6) is 0 Å². The molecule has 36 heavy (non-hydrogen) atoms. The molecule has 4 rings (SSSR count). The zero-order valence-corrected chi connectivity index (χ0v) is 21.0. The molecule has 10 nitrogen and oxygen atoms in total. The first kappa shape index (κ1) is 25.6. The minimum absolute atomic E-state index is 0.0116. The van der Waals surface area contributed by atoms with E-state index >= 15 is 0 Å². The number of hydrogen-bond acceptors (Lipinski definition) is 8. The summed E-state index contributed by atoms with van der Waals surface area (Å²) in [6, 6.07) is 7.27. The third-order valence-electron chi connectivity index (χ3n) is 6.34. The van der Waals surface area contributed by atoms with Crippen LogP contribution in [0, 0.1) is 11.8 Å². The van der Waals surface area contributed by atoms with E-state index in [-0.39, 0.29) is 44.2 Å². The molecule has 0 unspecified atom stereocenters. The monoisotopic (exact) mass is 534 g/mol. The zero-order chi connectivity index (χ0) is 26.2. The first-order valence-electron chi connectivity index (χ1n) is 11.1. The van der Waals surface area contributed by atoms with E-state index in [2.05, 4.69) is 14.2 Å². The summed E-state index contributed by atoms with van der Waals surface area (Å²) in [5.74, 6) is -3.22. The van der Waals surface area contributed by atoms with Crippen LogP contribution in [0.15, 0.2) is 41.3 Å². The maximum absolute atomic E-state index is 13.2. The highest BCUT2D eigenvalue weighted by atomic mass is 35.5. The van der Waals surface area contributed by atoms with Crippen molar-refractivity contribution in [2.75, 3.05) is 23.8 Å². The summed E-state index contributed by atoms with van der Waals surface area (Å²) in [5.41, 5.74) is -0.270. The molecule has 2 amide bonds. The number of nitrogens with one attached hydrogen (secondary N) is 1. The summed E-state index contributed by atoms with van der Waals surface area (Å²) in [6.45, 7) is 0. The van der Waals surface area contributed by atoms with Crippen LogP contribution in [-0.2, 0) is 29.1 Å². The van der Waals surface area contributed by atoms with E-state index in [0.29, 0.717) is 12.8 Å². The number of hydrogen-bond donors (Lipinski definition) is 1. The number of anilines is 2. The van der Waals surface area contributed by atoms with Crippen molar-refractivity contribution in [2.24, 2.45) is 11.8 Å². The Balaban J connectivity index is 1.70. The summed E-state index contributed by atoms with van der Waals surface area (Å²) < 4.78 is 38.1. The fraction of sp³-hybridized carbons (Fsp3) is 0.333. The van der Waals surface area contributed by atoms with Crippen molar-refractivity contribution < 1.29 is 37.1 Å². The van der Waals surface area contributed by atoms with Gasteiger partial charge in [0.1, 0.15) is 0 Å². The maximum atomic E-state index is 13.2. The smallest absolute Gasteiger partial charge is 0.337 e. The molecule has 1 saturated carbocycles. The molecule has 1 aliphatic carbocycles. The molecule has 2 aromatic carbocycles. The third kappa shape index (κ3) is 4.68. The number of ether oxygens (including phenoxy) is 2. The number of halogens is 1. The van der Waals surface area contributed by atoms with Gasteiger partial charge in [0.25, 0.3) is 10.0 Å². The molecular weight excluding hydrogens is 512 g/mol. The highest BCUT2D eigenvalue weighted by Gasteiger charge is 2.49. The normalized spacial score (nSPS) is 19.6. The number of carbonyl (C=O) groups excluding carboxylic acids is 4. The highest BCUT2D eigenvalue weighted by molar-refractivity contribution is 7.92. The number of methoxy groups -OCH3 is 2. The zero-order valence-electron chi connectivity index (χ0n) is 19.4. The van der Waals surface area contributed by atoms with Gasteiger partial charge in [0, 0.05) is 0 Å². The molecule has 190 valence electrons. The molecule has 2 aliphatic rings. The Bertz CT molecular complexity index is 1320. The lowest BCUT2D eigenvalue weighted by molar-refractivity contribution is -0.122. The van der Waals surface area contributed by atoms with E-state index in [0.717, 1.165) is 38.0 Å². The molecule has 2 fully saturated rings. The maximum Gasteiger partial charge on any atom is 0.337 e. The molecule has 0 bridgehead atoms. The molecule has 2 aromatic rings. The number of amides is 2. The number of esters is 2. The summed E-state index contributed by atoms with van der Waals surface area (Å²) in [4.78, 5) is 50.8. The fourth-order valence-electron chi connectivity index (χ4n) is 4.60. The number of benzene rings is 2. The lowest BCUT2D eigenvalue weighted by atomic mass is 9.81. The minimum atomic E-state index is -4.30. The van der Waals surface area contributed by atoms with E-state index in [1.807, 2.05) is 0 Å². The van der Waals surface area contributed by atoms with Gasteiger partial charge in [0.2, 0.25) is 11.8 Å². The largest absolute Gasteiger partial charge is 0.465 e. The van der Waals surface area contributed by atoms with Crippen LogP contribution < -0.4 is 9.62 Å². The van der Waals surface area contributed by atoms with Gasteiger partial charge in [-0.15, -0.1) is 0 Å². The van der Waals surface area contributed by atoms with E-state index in [1.54, 1.807) is 0 Å². The van der Waals surface area contributed by atoms with E-state index in [1.165, 1.54) is 30.3 Å². The van der Waals surface area contributed by atoms with E-state index in [9.17, 15) is 27.6 Å². The number of nitrogens with zero attached hydrogens (tertiary/aromatic N) is 1. The summed E-state index contributed by atoms with van der Waals surface area (Å²) in [5, 5.41) is 0.0509. The predicted octanol–water partition coefficient (Wildman–Crippen LogP) is 3.39. The number of carbonyl (C=O) groups is 4. The second kappa shape index (κ2) is 9.90. The average molecular weight is 535 g/mol. The standard InChI is InChI=1S/C24H23ClN2O8S/c1-34-23(30)13-9-14(24(31)35-2)11-15(10-13)26-36(32,33)16-7-8-19(25)20(12-16)27-21(28)17-5-3-4-6-18(17)22(27)29/h7-12,17-18,26H,3-6H2,1-2H3/t17-,18-/m1/s1. The fourth-order valence-corrected chi connectivity index (χ4v) is 5.86. The molecular formula is C24H23ClN2O8S. The van der Waals surface area contributed by atoms with Crippen molar-refractivity contribution in [1.29, 1.82) is 0 Å². The molecule has 1 aliphatic heterocycles. The quantitative estimate of drug-likeness (QED) is 0.440. The Morgan fingerprint density at radius 1 is 0.917 bits per heavy atom. The summed E-state index contributed by atoms with van der Waals surface area (Å²) >= 11 is 6.29. The van der Waals surface area contributed by atoms with Crippen molar-refractivity contribution in [3.8, 4) is 0 Å². The van der Waals surface area contributed by atoms with Crippen molar-refractivity contribution in [2.45, 2.75) is 30.6 Å². The number of fused-ring (bicyclic) bond motifs is 1. The van der Waals surface area contributed by atoms with Gasteiger partial charge in [-0.1, -0.05) is 24.4 Å². The SMILES string of the molecule is COC(=O)c1cc(NS(=O)(=O)c2ccc(Cl)c(N3C(=O)[C@@H]4CCCC[C@H]4C3=O)c2)cc(C(=O)OC)c1. The Hall–Kier alpha value is -3.44. The van der Waals surface area contributed by atoms with E-state index < -0.39 is 33.8 Å². The third-order valence-corrected chi connectivity index (χ3v) is 8.04. The predicted molar refractivity (Wildman–Crippen MR) is 129 cm³/mol. The van der Waals surface area contributed by atoms with Gasteiger partial charge in [-0.3, -0.25) is 14.3 Å². The van der Waals surface area contributed by atoms with Gasteiger partial charge in [-0.2, -0.15) is 0 Å². The number of imide groups is 1. The average Bonchev–Trinajstić information content (AvgIpc) is 3.12. The first-order chi connectivity index (χ1) is 17.1. The summed E-state index contributed by atoms with van der Waals surface area (Å²) in [7, 11) is -2.02. The number of rotatable bonds is 6.